The Morgan fingerprint density at radius 2 is 2.24 bits per heavy atom. The molecule has 1 aromatic carbocycles. The molecule has 1 rings (SSSR count). The van der Waals surface area contributed by atoms with Crippen LogP contribution in [0.3, 0.4) is 0 Å². The Morgan fingerprint density at radius 3 is 2.82 bits per heavy atom. The van der Waals surface area contributed by atoms with Crippen LogP contribution < -0.4 is 5.32 Å². The summed E-state index contributed by atoms with van der Waals surface area (Å²) in [7, 11) is 0. The summed E-state index contributed by atoms with van der Waals surface area (Å²) in [5.41, 5.74) is 0.619. The molecule has 1 N–H and O–H groups in total. The predicted molar refractivity (Wildman–Crippen MR) is 79.1 cm³/mol. The van der Waals surface area contributed by atoms with Crippen LogP contribution in [-0.2, 0) is 0 Å². The molecule has 0 spiro atoms. The summed E-state index contributed by atoms with van der Waals surface area (Å²) in [4.78, 5) is 12.3. The molecule has 17 heavy (non-hydrogen) atoms. The first kappa shape index (κ1) is 15.0. The van der Waals surface area contributed by atoms with E-state index in [1.807, 2.05) is 0 Å². The summed E-state index contributed by atoms with van der Waals surface area (Å²) < 4.78 is 0.737. The first-order chi connectivity index (χ1) is 8.00. The van der Waals surface area contributed by atoms with Crippen molar-refractivity contribution in [2.45, 2.75) is 24.6 Å². The third kappa shape index (κ3) is 5.40. The lowest BCUT2D eigenvalue weighted by Gasteiger charge is -2.07. The van der Waals surface area contributed by atoms with Crippen LogP contribution in [0.25, 0.3) is 0 Å². The maximum Gasteiger partial charge on any atom is 0.251 e. The fourth-order valence-electron chi connectivity index (χ4n) is 1.32. The molecule has 0 aliphatic rings. The molecular weight excluding hydrogens is 369 g/mol. The number of benzene rings is 1. The van der Waals surface area contributed by atoms with Crippen LogP contribution in [0.15, 0.2) is 22.7 Å². The van der Waals surface area contributed by atoms with Crippen LogP contribution in [-0.4, -0.2) is 17.3 Å². The normalized spacial score (nSPS) is 12.2. The fourth-order valence-corrected chi connectivity index (χ4v) is 2.14. The van der Waals surface area contributed by atoms with E-state index in [0.717, 1.165) is 17.3 Å². The molecule has 1 aromatic rings. The predicted octanol–water partition coefficient (Wildman–Crippen LogP) is 4.40. The summed E-state index contributed by atoms with van der Waals surface area (Å²) in [5, 5.41) is 3.48. The minimum atomic E-state index is -0.0652. The topological polar surface area (TPSA) is 29.1 Å². The van der Waals surface area contributed by atoms with Gasteiger partial charge >= 0.3 is 0 Å². The highest BCUT2D eigenvalue weighted by Crippen LogP contribution is 2.23. The zero-order valence-corrected chi connectivity index (χ0v) is 13.4. The van der Waals surface area contributed by atoms with E-state index in [4.69, 9.17) is 11.6 Å². The highest BCUT2D eigenvalue weighted by atomic mass is 79.9. The lowest BCUT2D eigenvalue weighted by atomic mass is 10.2. The van der Waals surface area contributed by atoms with E-state index in [0.29, 0.717) is 22.0 Å². The number of amides is 1. The first-order valence-corrected chi connectivity index (χ1v) is 7.46. The number of carbonyl (C=O) groups excluding carboxylic acids is 1. The minimum absolute atomic E-state index is 0.0652. The molecule has 0 radical (unpaired) electrons. The summed E-state index contributed by atoms with van der Waals surface area (Å²) in [6.45, 7) is 2.78. The Balaban J connectivity index is 2.44. The number of halogens is 3. The van der Waals surface area contributed by atoms with Crippen molar-refractivity contribution in [3.05, 3.63) is 33.3 Å². The van der Waals surface area contributed by atoms with E-state index in [9.17, 15) is 4.79 Å². The Labute approximate surface area is 123 Å². The van der Waals surface area contributed by atoms with Crippen molar-refractivity contribution in [2.75, 3.05) is 6.54 Å². The van der Waals surface area contributed by atoms with Crippen LogP contribution in [0.1, 0.15) is 30.1 Å². The van der Waals surface area contributed by atoms with Crippen molar-refractivity contribution in [2.24, 2.45) is 0 Å². The van der Waals surface area contributed by atoms with E-state index >= 15 is 0 Å². The molecule has 0 fully saturated rings. The molecule has 94 valence electrons. The summed E-state index contributed by atoms with van der Waals surface area (Å²) >= 11 is 12.6. The molecule has 2 nitrogen and oxygen atoms in total. The van der Waals surface area contributed by atoms with Gasteiger partial charge in [-0.1, -0.05) is 34.5 Å². The maximum absolute atomic E-state index is 11.8. The van der Waals surface area contributed by atoms with Crippen molar-refractivity contribution >= 4 is 49.4 Å². The lowest BCUT2D eigenvalue weighted by Crippen LogP contribution is -2.24. The molecule has 0 bridgehead atoms. The van der Waals surface area contributed by atoms with E-state index < -0.39 is 0 Å². The van der Waals surface area contributed by atoms with Crippen LogP contribution >= 0.6 is 43.5 Å². The molecule has 0 saturated carbocycles. The second kappa shape index (κ2) is 7.39. The van der Waals surface area contributed by atoms with Crippen molar-refractivity contribution in [3.8, 4) is 0 Å². The number of nitrogens with one attached hydrogen (secondary N) is 1. The number of hydrogen-bond acceptors (Lipinski definition) is 1. The Morgan fingerprint density at radius 1 is 1.53 bits per heavy atom. The van der Waals surface area contributed by atoms with Gasteiger partial charge in [0.2, 0.25) is 0 Å². The Bertz CT molecular complexity index is 396. The first-order valence-electron chi connectivity index (χ1n) is 5.38. The quantitative estimate of drug-likeness (QED) is 0.593. The monoisotopic (exact) mass is 381 g/mol. The zero-order chi connectivity index (χ0) is 12.8. The van der Waals surface area contributed by atoms with Gasteiger partial charge in [0.1, 0.15) is 0 Å². The number of carbonyl (C=O) groups is 1. The Kier molecular flexibility index (Phi) is 6.52. The lowest BCUT2D eigenvalue weighted by molar-refractivity contribution is 0.0953. The van der Waals surface area contributed by atoms with Crippen molar-refractivity contribution in [3.63, 3.8) is 0 Å². The summed E-state index contributed by atoms with van der Waals surface area (Å²) in [5.74, 6) is -0.0652. The molecule has 0 aliphatic carbocycles. The van der Waals surface area contributed by atoms with Gasteiger partial charge in [0.15, 0.2) is 0 Å². The van der Waals surface area contributed by atoms with Gasteiger partial charge in [-0.25, -0.2) is 0 Å². The zero-order valence-electron chi connectivity index (χ0n) is 9.47. The molecule has 0 saturated heterocycles. The smallest absolute Gasteiger partial charge is 0.251 e. The van der Waals surface area contributed by atoms with Gasteiger partial charge in [-0.05, 0) is 47.0 Å². The van der Waals surface area contributed by atoms with Gasteiger partial charge in [0.25, 0.3) is 5.91 Å². The second-order valence-corrected chi connectivity index (χ2v) is 6.63. The standard InChI is InChI=1S/C12H14Br2ClNO/c1-8(13)3-2-6-16-12(17)9-4-5-11(15)10(14)7-9/h4-5,7-8H,2-3,6H2,1H3,(H,16,17). The van der Waals surface area contributed by atoms with Gasteiger partial charge in [-0.3, -0.25) is 4.79 Å². The van der Waals surface area contributed by atoms with E-state index in [1.54, 1.807) is 18.2 Å². The fraction of sp³-hybridized carbons (Fsp3) is 0.417. The Hall–Kier alpha value is -0.0600. The van der Waals surface area contributed by atoms with Crippen LogP contribution in [0.2, 0.25) is 5.02 Å². The molecule has 1 amide bonds. The number of rotatable bonds is 5. The van der Waals surface area contributed by atoms with Crippen LogP contribution in [0.4, 0.5) is 0 Å². The van der Waals surface area contributed by atoms with Gasteiger partial charge in [-0.2, -0.15) is 0 Å². The average molecular weight is 384 g/mol. The number of hydrogen-bond donors (Lipinski definition) is 1. The largest absolute Gasteiger partial charge is 0.352 e. The SMILES string of the molecule is CC(Br)CCCNC(=O)c1ccc(Cl)c(Br)c1. The minimum Gasteiger partial charge on any atom is -0.352 e. The molecule has 0 aliphatic heterocycles. The maximum atomic E-state index is 11.8. The van der Waals surface area contributed by atoms with Crippen molar-refractivity contribution in [1.29, 1.82) is 0 Å². The highest BCUT2D eigenvalue weighted by Gasteiger charge is 2.07. The third-order valence-electron chi connectivity index (χ3n) is 2.25. The molecular formula is C12H14Br2ClNO. The molecule has 0 aromatic heterocycles. The third-order valence-corrected chi connectivity index (χ3v) is 3.92. The molecule has 1 atom stereocenters. The molecule has 0 heterocycles. The van der Waals surface area contributed by atoms with E-state index in [2.05, 4.69) is 44.1 Å². The second-order valence-electron chi connectivity index (χ2n) is 3.81. The van der Waals surface area contributed by atoms with Gasteiger partial charge < -0.3 is 5.32 Å². The average Bonchev–Trinajstić information content (AvgIpc) is 2.27. The summed E-state index contributed by atoms with van der Waals surface area (Å²) in [6.07, 6.45) is 2.01. The highest BCUT2D eigenvalue weighted by molar-refractivity contribution is 9.10. The van der Waals surface area contributed by atoms with Crippen LogP contribution in [0.5, 0.6) is 0 Å². The van der Waals surface area contributed by atoms with Crippen LogP contribution in [0, 0.1) is 0 Å². The summed E-state index contributed by atoms with van der Waals surface area (Å²) in [6, 6.07) is 5.15. The van der Waals surface area contributed by atoms with E-state index in [-0.39, 0.29) is 5.91 Å². The van der Waals surface area contributed by atoms with Gasteiger partial charge in [-0.15, -0.1) is 0 Å². The van der Waals surface area contributed by atoms with Crippen molar-refractivity contribution in [1.82, 2.24) is 5.32 Å². The molecule has 1 unspecified atom stereocenters. The van der Waals surface area contributed by atoms with E-state index in [1.165, 1.54) is 0 Å². The molecule has 5 heteroatoms. The van der Waals surface area contributed by atoms with Gasteiger partial charge in [0, 0.05) is 21.4 Å². The van der Waals surface area contributed by atoms with Gasteiger partial charge in [0.05, 0.1) is 5.02 Å². The van der Waals surface area contributed by atoms with Crippen molar-refractivity contribution < 1.29 is 4.79 Å². The number of alkyl halides is 1.